The third-order valence-electron chi connectivity index (χ3n) is 11.2. The molecular formula is C27H48O2. The molecule has 0 saturated heterocycles. The molecule has 0 aromatic rings. The first-order valence-electron chi connectivity index (χ1n) is 13.1. The molecule has 168 valence electrons. The van der Waals surface area contributed by atoms with E-state index in [1.807, 2.05) is 6.92 Å². The van der Waals surface area contributed by atoms with Crippen LogP contribution < -0.4 is 0 Å². The molecule has 4 fully saturated rings. The molecule has 0 heterocycles. The predicted octanol–water partition coefficient (Wildman–Crippen LogP) is 6.44. The summed E-state index contributed by atoms with van der Waals surface area (Å²) in [6.07, 6.45) is 16.4. The van der Waals surface area contributed by atoms with Crippen molar-refractivity contribution in [1.29, 1.82) is 0 Å². The van der Waals surface area contributed by atoms with Crippen molar-refractivity contribution in [2.24, 2.45) is 52.3 Å². The lowest BCUT2D eigenvalue weighted by molar-refractivity contribution is -0.114. The molecule has 0 aromatic heterocycles. The fourth-order valence-electron chi connectivity index (χ4n) is 9.31. The van der Waals surface area contributed by atoms with Crippen LogP contribution in [0.25, 0.3) is 0 Å². The van der Waals surface area contributed by atoms with E-state index in [1.165, 1.54) is 64.2 Å². The van der Waals surface area contributed by atoms with Gasteiger partial charge in [-0.15, -0.1) is 0 Å². The van der Waals surface area contributed by atoms with E-state index < -0.39 is 0 Å². The van der Waals surface area contributed by atoms with Crippen molar-refractivity contribution >= 4 is 0 Å². The third kappa shape index (κ3) is 3.73. The van der Waals surface area contributed by atoms with Gasteiger partial charge < -0.3 is 10.2 Å². The summed E-state index contributed by atoms with van der Waals surface area (Å²) >= 11 is 0. The molecule has 2 heteroatoms. The fraction of sp³-hybridized carbons (Fsp3) is 1.00. The number of fused-ring (bicyclic) bond motifs is 5. The summed E-state index contributed by atoms with van der Waals surface area (Å²) in [5.41, 5.74) is 1.18. The first-order valence-corrected chi connectivity index (χ1v) is 13.1. The van der Waals surface area contributed by atoms with Crippen molar-refractivity contribution in [2.45, 2.75) is 111 Å². The van der Waals surface area contributed by atoms with Crippen LogP contribution in [0.2, 0.25) is 0 Å². The summed E-state index contributed by atoms with van der Waals surface area (Å²) in [7, 11) is 0. The van der Waals surface area contributed by atoms with Gasteiger partial charge in [0.15, 0.2) is 0 Å². The molecule has 4 aliphatic carbocycles. The minimum atomic E-state index is -0.343. The first-order chi connectivity index (χ1) is 13.8. The van der Waals surface area contributed by atoms with E-state index in [0.29, 0.717) is 16.7 Å². The van der Waals surface area contributed by atoms with Crippen molar-refractivity contribution in [3.05, 3.63) is 0 Å². The van der Waals surface area contributed by atoms with Crippen LogP contribution in [0.3, 0.4) is 0 Å². The average Bonchev–Trinajstić information content (AvgIpc) is 3.08. The standard InChI is InChI=1S/C27H48O2/c1-18(8-13-25(29)19(2)17-28)22-11-12-23-21-10-9-20-7-5-6-15-26(20,3)24(21)14-16-27(22,23)4/h18-25,28-29H,5-17H2,1-4H3/t18-,19?,20?,21+,22-,23+,24+,25-,26+,27-/m1/s1. The van der Waals surface area contributed by atoms with Gasteiger partial charge in [0.2, 0.25) is 0 Å². The largest absolute Gasteiger partial charge is 0.396 e. The number of aliphatic hydroxyl groups is 2. The number of hydrogen-bond donors (Lipinski definition) is 2. The Labute approximate surface area is 180 Å². The molecule has 29 heavy (non-hydrogen) atoms. The molecule has 0 spiro atoms. The van der Waals surface area contributed by atoms with E-state index in [4.69, 9.17) is 0 Å². The van der Waals surface area contributed by atoms with Gasteiger partial charge in [-0.25, -0.2) is 0 Å². The summed E-state index contributed by atoms with van der Waals surface area (Å²) < 4.78 is 0. The minimum Gasteiger partial charge on any atom is -0.396 e. The Bertz CT molecular complexity index is 561. The lowest BCUT2D eigenvalue weighted by Crippen LogP contribution is -2.53. The van der Waals surface area contributed by atoms with Crippen molar-refractivity contribution in [3.8, 4) is 0 Å². The predicted molar refractivity (Wildman–Crippen MR) is 120 cm³/mol. The lowest BCUT2D eigenvalue weighted by atomic mass is 9.44. The number of rotatable bonds is 6. The van der Waals surface area contributed by atoms with Gasteiger partial charge in [-0.3, -0.25) is 0 Å². The van der Waals surface area contributed by atoms with Crippen LogP contribution in [0.4, 0.5) is 0 Å². The van der Waals surface area contributed by atoms with Gasteiger partial charge in [0, 0.05) is 12.5 Å². The molecule has 2 nitrogen and oxygen atoms in total. The van der Waals surface area contributed by atoms with E-state index in [1.54, 1.807) is 0 Å². The summed E-state index contributed by atoms with van der Waals surface area (Å²) in [4.78, 5) is 0. The molecule has 10 atom stereocenters. The Hall–Kier alpha value is -0.0800. The van der Waals surface area contributed by atoms with Crippen LogP contribution in [-0.4, -0.2) is 22.9 Å². The highest BCUT2D eigenvalue weighted by atomic mass is 16.3. The molecular weight excluding hydrogens is 356 g/mol. The monoisotopic (exact) mass is 404 g/mol. The SMILES string of the molecule is CC(CO)[C@H](O)CC[C@@H](C)[C@H]1CC[C@H]2[C@@H]3CCC4CCCC[C@]4(C)[C@H]3CC[C@]12C. The molecule has 0 radical (unpaired) electrons. The highest BCUT2D eigenvalue weighted by Gasteiger charge is 2.60. The van der Waals surface area contributed by atoms with E-state index in [0.717, 1.165) is 42.4 Å². The topological polar surface area (TPSA) is 40.5 Å². The van der Waals surface area contributed by atoms with Crippen LogP contribution in [-0.2, 0) is 0 Å². The van der Waals surface area contributed by atoms with Crippen LogP contribution >= 0.6 is 0 Å². The highest BCUT2D eigenvalue weighted by molar-refractivity contribution is 5.09. The van der Waals surface area contributed by atoms with E-state index >= 15 is 0 Å². The van der Waals surface area contributed by atoms with Crippen molar-refractivity contribution < 1.29 is 10.2 Å². The second-order valence-corrected chi connectivity index (χ2v) is 12.4. The third-order valence-corrected chi connectivity index (χ3v) is 11.2. The Morgan fingerprint density at radius 2 is 1.59 bits per heavy atom. The maximum Gasteiger partial charge on any atom is 0.0587 e. The van der Waals surface area contributed by atoms with Crippen LogP contribution in [0, 0.1) is 52.3 Å². The normalized spacial score (nSPS) is 47.6. The van der Waals surface area contributed by atoms with Crippen molar-refractivity contribution in [2.75, 3.05) is 6.61 Å². The van der Waals surface area contributed by atoms with E-state index in [-0.39, 0.29) is 18.6 Å². The van der Waals surface area contributed by atoms with Gasteiger partial charge in [-0.1, -0.05) is 40.5 Å². The molecule has 4 aliphatic rings. The minimum absolute atomic E-state index is 0.0102. The molecule has 0 aromatic carbocycles. The van der Waals surface area contributed by atoms with E-state index in [2.05, 4.69) is 20.8 Å². The second kappa shape index (κ2) is 8.45. The maximum absolute atomic E-state index is 10.3. The Morgan fingerprint density at radius 1 is 0.828 bits per heavy atom. The quantitative estimate of drug-likeness (QED) is 0.534. The molecule has 0 amide bonds. The zero-order valence-corrected chi connectivity index (χ0v) is 19.7. The van der Waals surface area contributed by atoms with Gasteiger partial charge in [0.25, 0.3) is 0 Å². The zero-order chi connectivity index (χ0) is 20.8. The molecule has 4 saturated carbocycles. The Morgan fingerprint density at radius 3 is 2.34 bits per heavy atom. The number of hydrogen-bond acceptors (Lipinski definition) is 2. The molecule has 2 N–H and O–H groups in total. The van der Waals surface area contributed by atoms with Crippen LogP contribution in [0.1, 0.15) is 105 Å². The maximum atomic E-state index is 10.3. The van der Waals surface area contributed by atoms with Gasteiger partial charge in [-0.2, -0.15) is 0 Å². The van der Waals surface area contributed by atoms with Crippen molar-refractivity contribution in [1.82, 2.24) is 0 Å². The Kier molecular flexibility index (Phi) is 6.45. The molecule has 2 unspecified atom stereocenters. The van der Waals surface area contributed by atoms with Crippen molar-refractivity contribution in [3.63, 3.8) is 0 Å². The van der Waals surface area contributed by atoms with E-state index in [9.17, 15) is 10.2 Å². The van der Waals surface area contributed by atoms with Crippen LogP contribution in [0.15, 0.2) is 0 Å². The van der Waals surface area contributed by atoms with Crippen LogP contribution in [0.5, 0.6) is 0 Å². The fourth-order valence-corrected chi connectivity index (χ4v) is 9.31. The molecule has 0 bridgehead atoms. The smallest absolute Gasteiger partial charge is 0.0587 e. The summed E-state index contributed by atoms with van der Waals surface area (Å²) in [6.45, 7) is 9.87. The molecule has 0 aliphatic heterocycles. The highest BCUT2D eigenvalue weighted by Crippen LogP contribution is 2.68. The van der Waals surface area contributed by atoms with Gasteiger partial charge in [-0.05, 0) is 111 Å². The average molecular weight is 405 g/mol. The lowest BCUT2D eigenvalue weighted by Gasteiger charge is -2.61. The Balaban J connectivity index is 1.44. The number of aliphatic hydroxyl groups excluding tert-OH is 2. The summed E-state index contributed by atoms with van der Waals surface area (Å²) in [6, 6.07) is 0. The van der Waals surface area contributed by atoms with Gasteiger partial charge in [0.1, 0.15) is 0 Å². The second-order valence-electron chi connectivity index (χ2n) is 12.4. The first kappa shape index (κ1) is 22.1. The summed E-state index contributed by atoms with van der Waals surface area (Å²) in [5.74, 6) is 5.51. The zero-order valence-electron chi connectivity index (χ0n) is 19.7. The van der Waals surface area contributed by atoms with Gasteiger partial charge in [0.05, 0.1) is 6.10 Å². The molecule has 4 rings (SSSR count). The van der Waals surface area contributed by atoms with Gasteiger partial charge >= 0.3 is 0 Å². The summed E-state index contributed by atoms with van der Waals surface area (Å²) in [5, 5.41) is 19.7.